The smallest absolute Gasteiger partial charge is 0.229 e. The molecule has 4 heteroatoms. The minimum Gasteiger partial charge on any atom is -0.369 e. The van der Waals surface area contributed by atoms with E-state index in [0.717, 1.165) is 11.1 Å². The Balaban J connectivity index is 2.85. The minimum atomic E-state index is -0.436. The average molecular weight is 242 g/mol. The lowest BCUT2D eigenvalue weighted by Gasteiger charge is -1.99. The van der Waals surface area contributed by atoms with E-state index in [9.17, 15) is 4.79 Å². The molecule has 0 atom stereocenters. The molecule has 15 heavy (non-hydrogen) atoms. The third-order valence-electron chi connectivity index (χ3n) is 1.69. The van der Waals surface area contributed by atoms with Gasteiger partial charge >= 0.3 is 0 Å². The molecule has 0 unspecified atom stereocenters. The third kappa shape index (κ3) is 3.83. The summed E-state index contributed by atoms with van der Waals surface area (Å²) in [6, 6.07) is 5.29. The van der Waals surface area contributed by atoms with Gasteiger partial charge in [-0.05, 0) is 23.8 Å². The van der Waals surface area contributed by atoms with Crippen molar-refractivity contribution in [1.82, 2.24) is 0 Å². The molecular formula is C11H9Cl2NO. The second kappa shape index (κ2) is 5.65. The van der Waals surface area contributed by atoms with Crippen molar-refractivity contribution >= 4 is 29.1 Å². The molecule has 0 saturated carbocycles. The summed E-state index contributed by atoms with van der Waals surface area (Å²) in [6.45, 7) is 0. The molecule has 0 aromatic heterocycles. The molecule has 0 bridgehead atoms. The second-order valence-electron chi connectivity index (χ2n) is 2.88. The van der Waals surface area contributed by atoms with Crippen molar-refractivity contribution in [2.75, 3.05) is 0 Å². The maximum absolute atomic E-state index is 10.4. The minimum absolute atomic E-state index is 0.0544. The van der Waals surface area contributed by atoms with Crippen LogP contribution in [-0.2, 0) is 10.7 Å². The van der Waals surface area contributed by atoms with Crippen LogP contribution >= 0.6 is 23.2 Å². The van der Waals surface area contributed by atoms with Crippen LogP contribution in [0.1, 0.15) is 17.5 Å². The summed E-state index contributed by atoms with van der Waals surface area (Å²) in [7, 11) is 0. The molecule has 0 aliphatic rings. The van der Waals surface area contributed by atoms with Gasteiger partial charge in [0.25, 0.3) is 0 Å². The van der Waals surface area contributed by atoms with Gasteiger partial charge in [-0.2, -0.15) is 0 Å². The number of alkyl halides is 1. The zero-order valence-electron chi connectivity index (χ0n) is 7.89. The predicted octanol–water partition coefficient (Wildman–Crippen LogP) is 2.31. The largest absolute Gasteiger partial charge is 0.369 e. The predicted molar refractivity (Wildman–Crippen MR) is 61.7 cm³/mol. The Hall–Kier alpha value is -1.17. The molecule has 2 N–H and O–H groups in total. The van der Waals surface area contributed by atoms with E-state index in [1.54, 1.807) is 18.2 Å². The summed E-state index contributed by atoms with van der Waals surface area (Å²) in [5.41, 5.74) is 6.55. The van der Waals surface area contributed by atoms with Crippen molar-refractivity contribution in [3.63, 3.8) is 0 Å². The first-order chi connectivity index (χ1) is 7.13. The highest BCUT2D eigenvalue weighted by Crippen LogP contribution is 2.18. The summed E-state index contributed by atoms with van der Waals surface area (Å²) in [4.78, 5) is 10.4. The highest BCUT2D eigenvalue weighted by molar-refractivity contribution is 6.32. The number of halogens is 2. The van der Waals surface area contributed by atoms with Gasteiger partial charge in [0.05, 0.1) is 6.42 Å². The van der Waals surface area contributed by atoms with Gasteiger partial charge in [0.2, 0.25) is 5.91 Å². The summed E-state index contributed by atoms with van der Waals surface area (Å²) < 4.78 is 0. The lowest BCUT2D eigenvalue weighted by atomic mass is 10.1. The number of nitrogens with two attached hydrogens (primary N) is 1. The topological polar surface area (TPSA) is 43.1 Å². The monoisotopic (exact) mass is 241 g/mol. The number of carbonyl (C=O) groups is 1. The van der Waals surface area contributed by atoms with E-state index in [1.165, 1.54) is 0 Å². The van der Waals surface area contributed by atoms with Crippen molar-refractivity contribution in [3.8, 4) is 11.8 Å². The van der Waals surface area contributed by atoms with Crippen LogP contribution in [0.25, 0.3) is 0 Å². The summed E-state index contributed by atoms with van der Waals surface area (Å²) >= 11 is 11.6. The normalized spacial score (nSPS) is 9.20. The van der Waals surface area contributed by atoms with E-state index in [-0.39, 0.29) is 6.42 Å². The number of hydrogen-bond acceptors (Lipinski definition) is 1. The maximum Gasteiger partial charge on any atom is 0.229 e. The highest BCUT2D eigenvalue weighted by Gasteiger charge is 1.98. The molecule has 1 rings (SSSR count). The molecule has 78 valence electrons. The van der Waals surface area contributed by atoms with Gasteiger partial charge in [-0.3, -0.25) is 4.79 Å². The van der Waals surface area contributed by atoms with Crippen molar-refractivity contribution in [1.29, 1.82) is 0 Å². The number of benzene rings is 1. The number of hydrogen-bond donors (Lipinski definition) is 1. The Morgan fingerprint density at radius 3 is 2.80 bits per heavy atom. The first-order valence-electron chi connectivity index (χ1n) is 4.25. The molecule has 0 aliphatic heterocycles. The van der Waals surface area contributed by atoms with Crippen LogP contribution in [0.15, 0.2) is 18.2 Å². The van der Waals surface area contributed by atoms with E-state index in [0.29, 0.717) is 10.9 Å². The van der Waals surface area contributed by atoms with Crippen molar-refractivity contribution in [2.24, 2.45) is 5.73 Å². The molecular weight excluding hydrogens is 233 g/mol. The molecule has 1 amide bonds. The van der Waals surface area contributed by atoms with E-state index in [1.807, 2.05) is 0 Å². The van der Waals surface area contributed by atoms with Gasteiger partial charge in [0.1, 0.15) is 0 Å². The average Bonchev–Trinajstić information content (AvgIpc) is 2.20. The van der Waals surface area contributed by atoms with Crippen LogP contribution in [0.3, 0.4) is 0 Å². The van der Waals surface area contributed by atoms with Crippen LogP contribution in [0.4, 0.5) is 0 Å². The fourth-order valence-corrected chi connectivity index (χ4v) is 1.46. The molecule has 0 spiro atoms. The zero-order valence-corrected chi connectivity index (χ0v) is 9.40. The van der Waals surface area contributed by atoms with Crippen LogP contribution in [-0.4, -0.2) is 5.91 Å². The molecule has 0 saturated heterocycles. The number of carbonyl (C=O) groups excluding carboxylic acids is 1. The SMILES string of the molecule is NC(=O)CC#Cc1ccc(Cl)c(CCl)c1. The van der Waals surface area contributed by atoms with Crippen LogP contribution in [0.2, 0.25) is 5.02 Å². The van der Waals surface area contributed by atoms with E-state index >= 15 is 0 Å². The highest BCUT2D eigenvalue weighted by atomic mass is 35.5. The van der Waals surface area contributed by atoms with Crippen LogP contribution in [0.5, 0.6) is 0 Å². The molecule has 0 heterocycles. The molecule has 2 nitrogen and oxygen atoms in total. The lowest BCUT2D eigenvalue weighted by Crippen LogP contribution is -2.08. The Bertz CT molecular complexity index is 432. The second-order valence-corrected chi connectivity index (χ2v) is 3.56. The standard InChI is InChI=1S/C11H9Cl2NO/c12-7-9-6-8(4-5-10(9)13)2-1-3-11(14)15/h4-6H,3,7H2,(H2,14,15). The van der Waals surface area contributed by atoms with E-state index in [2.05, 4.69) is 11.8 Å². The maximum atomic E-state index is 10.4. The quantitative estimate of drug-likeness (QED) is 0.627. The summed E-state index contributed by atoms with van der Waals surface area (Å²) in [6.07, 6.45) is 0.0544. The van der Waals surface area contributed by atoms with Crippen LogP contribution in [0, 0.1) is 11.8 Å². The van der Waals surface area contributed by atoms with Gasteiger partial charge in [-0.15, -0.1) is 11.6 Å². The Kier molecular flexibility index (Phi) is 4.48. The van der Waals surface area contributed by atoms with Crippen LogP contribution < -0.4 is 5.73 Å². The Labute approximate surface area is 98.4 Å². The van der Waals surface area contributed by atoms with E-state index < -0.39 is 5.91 Å². The Morgan fingerprint density at radius 2 is 2.20 bits per heavy atom. The van der Waals surface area contributed by atoms with Gasteiger partial charge in [-0.25, -0.2) is 0 Å². The number of amides is 1. The third-order valence-corrected chi connectivity index (χ3v) is 2.34. The summed E-state index contributed by atoms with van der Waals surface area (Å²) in [5, 5.41) is 0.616. The fraction of sp³-hybridized carbons (Fsp3) is 0.182. The van der Waals surface area contributed by atoms with Gasteiger partial charge in [0, 0.05) is 16.5 Å². The van der Waals surface area contributed by atoms with Gasteiger partial charge < -0.3 is 5.73 Å². The first kappa shape index (κ1) is 11.9. The zero-order chi connectivity index (χ0) is 11.3. The summed E-state index contributed by atoms with van der Waals surface area (Å²) in [5.74, 6) is 5.37. The molecule has 1 aromatic rings. The van der Waals surface area contributed by atoms with Crippen molar-refractivity contribution in [2.45, 2.75) is 12.3 Å². The molecule has 0 aliphatic carbocycles. The van der Waals surface area contributed by atoms with E-state index in [4.69, 9.17) is 28.9 Å². The van der Waals surface area contributed by atoms with Crippen molar-refractivity contribution < 1.29 is 4.79 Å². The first-order valence-corrected chi connectivity index (χ1v) is 5.16. The molecule has 0 radical (unpaired) electrons. The number of primary amides is 1. The van der Waals surface area contributed by atoms with Gasteiger partial charge in [0.15, 0.2) is 0 Å². The van der Waals surface area contributed by atoms with Gasteiger partial charge in [-0.1, -0.05) is 23.4 Å². The lowest BCUT2D eigenvalue weighted by molar-refractivity contribution is -0.117. The Morgan fingerprint density at radius 1 is 1.47 bits per heavy atom. The van der Waals surface area contributed by atoms with Crippen molar-refractivity contribution in [3.05, 3.63) is 34.3 Å². The fourth-order valence-electron chi connectivity index (χ4n) is 0.988. The number of rotatable bonds is 2. The molecule has 1 aromatic carbocycles. The molecule has 0 fully saturated rings.